The van der Waals surface area contributed by atoms with Crippen molar-refractivity contribution < 1.29 is 17.5 Å². The highest BCUT2D eigenvalue weighted by atomic mass is 32.2. The SMILES string of the molecule is CCC1OCCC1CNS(=O)(=O)c1ccc(N)c(F)c1. The van der Waals surface area contributed by atoms with Gasteiger partial charge in [0.2, 0.25) is 10.0 Å². The number of hydrogen-bond acceptors (Lipinski definition) is 4. The van der Waals surface area contributed by atoms with Gasteiger partial charge in [-0.25, -0.2) is 17.5 Å². The van der Waals surface area contributed by atoms with Crippen LogP contribution in [-0.2, 0) is 14.8 Å². The van der Waals surface area contributed by atoms with Crippen molar-refractivity contribution in [3.63, 3.8) is 0 Å². The molecular weight excluding hydrogens is 283 g/mol. The number of nitrogens with two attached hydrogens (primary N) is 1. The first-order valence-electron chi connectivity index (χ1n) is 6.60. The molecule has 0 spiro atoms. The summed E-state index contributed by atoms with van der Waals surface area (Å²) in [5.74, 6) is -0.572. The predicted octanol–water partition coefficient (Wildman–Crippen LogP) is 1.50. The van der Waals surface area contributed by atoms with Gasteiger partial charge < -0.3 is 10.5 Å². The van der Waals surface area contributed by atoms with Crippen LogP contribution in [0.2, 0.25) is 0 Å². The highest BCUT2D eigenvalue weighted by molar-refractivity contribution is 7.89. The summed E-state index contributed by atoms with van der Waals surface area (Å²) in [7, 11) is -3.72. The maximum atomic E-state index is 13.3. The molecule has 20 heavy (non-hydrogen) atoms. The Labute approximate surface area is 118 Å². The van der Waals surface area contributed by atoms with E-state index in [-0.39, 0.29) is 22.6 Å². The monoisotopic (exact) mass is 302 g/mol. The molecular formula is C13H19FN2O3S. The van der Waals surface area contributed by atoms with Gasteiger partial charge in [-0.1, -0.05) is 6.92 Å². The average molecular weight is 302 g/mol. The molecule has 1 aliphatic heterocycles. The molecule has 1 aromatic carbocycles. The molecule has 3 N–H and O–H groups in total. The average Bonchev–Trinajstić information content (AvgIpc) is 2.87. The Kier molecular flexibility index (Phi) is 4.62. The van der Waals surface area contributed by atoms with Crippen LogP contribution in [0.1, 0.15) is 19.8 Å². The van der Waals surface area contributed by atoms with Crippen molar-refractivity contribution in [1.29, 1.82) is 0 Å². The van der Waals surface area contributed by atoms with Crippen LogP contribution in [0.3, 0.4) is 0 Å². The van der Waals surface area contributed by atoms with Crippen LogP contribution in [0.15, 0.2) is 23.1 Å². The van der Waals surface area contributed by atoms with Crippen molar-refractivity contribution in [3.05, 3.63) is 24.0 Å². The van der Waals surface area contributed by atoms with E-state index in [1.165, 1.54) is 12.1 Å². The molecule has 1 saturated heterocycles. The van der Waals surface area contributed by atoms with Gasteiger partial charge in [-0.15, -0.1) is 0 Å². The van der Waals surface area contributed by atoms with Crippen molar-refractivity contribution in [2.24, 2.45) is 5.92 Å². The summed E-state index contributed by atoms with van der Waals surface area (Å²) in [5.41, 5.74) is 5.26. The molecule has 1 aliphatic rings. The van der Waals surface area contributed by atoms with Crippen LogP contribution in [-0.4, -0.2) is 27.7 Å². The van der Waals surface area contributed by atoms with E-state index in [1.54, 1.807) is 0 Å². The van der Waals surface area contributed by atoms with E-state index in [0.717, 1.165) is 18.9 Å². The van der Waals surface area contributed by atoms with Crippen LogP contribution < -0.4 is 10.5 Å². The Bertz CT molecular complexity index is 577. The molecule has 2 rings (SSSR count). The lowest BCUT2D eigenvalue weighted by Crippen LogP contribution is -2.32. The molecule has 0 saturated carbocycles. The number of sulfonamides is 1. The number of nitrogen functional groups attached to an aromatic ring is 1. The van der Waals surface area contributed by atoms with Crippen LogP contribution in [0.4, 0.5) is 10.1 Å². The Hall–Kier alpha value is -1.18. The number of rotatable bonds is 5. The van der Waals surface area contributed by atoms with Gasteiger partial charge in [0.05, 0.1) is 16.7 Å². The molecule has 1 fully saturated rings. The van der Waals surface area contributed by atoms with E-state index in [4.69, 9.17) is 10.5 Å². The molecule has 0 amide bonds. The molecule has 0 aromatic heterocycles. The standard InChI is InChI=1S/C13H19FN2O3S/c1-2-13-9(5-6-19-13)8-16-20(17,18)10-3-4-12(15)11(14)7-10/h3-4,7,9,13,16H,2,5-6,8,15H2,1H3. The Balaban J connectivity index is 2.05. The molecule has 0 bridgehead atoms. The summed E-state index contributed by atoms with van der Waals surface area (Å²) in [6, 6.07) is 3.47. The third-order valence-electron chi connectivity index (χ3n) is 3.57. The first-order valence-corrected chi connectivity index (χ1v) is 8.08. The third kappa shape index (κ3) is 3.28. The molecule has 112 valence electrons. The van der Waals surface area contributed by atoms with Gasteiger partial charge in [0, 0.05) is 19.1 Å². The lowest BCUT2D eigenvalue weighted by Gasteiger charge is -2.17. The fourth-order valence-corrected chi connectivity index (χ4v) is 3.46. The Morgan fingerprint density at radius 3 is 2.90 bits per heavy atom. The minimum absolute atomic E-state index is 0.0702. The minimum atomic E-state index is -3.72. The van der Waals surface area contributed by atoms with Crippen molar-refractivity contribution in [1.82, 2.24) is 4.72 Å². The fourth-order valence-electron chi connectivity index (χ4n) is 2.35. The summed E-state index contributed by atoms with van der Waals surface area (Å²) in [4.78, 5) is -0.115. The fraction of sp³-hybridized carbons (Fsp3) is 0.538. The van der Waals surface area contributed by atoms with Gasteiger partial charge >= 0.3 is 0 Å². The number of hydrogen-bond donors (Lipinski definition) is 2. The topological polar surface area (TPSA) is 81.4 Å². The van der Waals surface area contributed by atoms with E-state index in [0.29, 0.717) is 13.2 Å². The quantitative estimate of drug-likeness (QED) is 0.808. The molecule has 7 heteroatoms. The lowest BCUT2D eigenvalue weighted by molar-refractivity contribution is 0.0884. The molecule has 1 aromatic rings. The normalized spacial score (nSPS) is 23.1. The summed E-state index contributed by atoms with van der Waals surface area (Å²) in [6.07, 6.45) is 1.76. The van der Waals surface area contributed by atoms with Gasteiger partial charge in [0.25, 0.3) is 0 Å². The predicted molar refractivity (Wildman–Crippen MR) is 74.1 cm³/mol. The number of halogens is 1. The molecule has 5 nitrogen and oxygen atoms in total. The summed E-state index contributed by atoms with van der Waals surface area (Å²) >= 11 is 0. The number of anilines is 1. The second-order valence-electron chi connectivity index (χ2n) is 4.90. The van der Waals surface area contributed by atoms with Gasteiger partial charge in [0.1, 0.15) is 5.82 Å². The zero-order chi connectivity index (χ0) is 14.8. The smallest absolute Gasteiger partial charge is 0.240 e. The van der Waals surface area contributed by atoms with E-state index in [1.807, 2.05) is 6.92 Å². The van der Waals surface area contributed by atoms with Gasteiger partial charge in [-0.2, -0.15) is 0 Å². The minimum Gasteiger partial charge on any atom is -0.396 e. The van der Waals surface area contributed by atoms with Crippen molar-refractivity contribution in [2.45, 2.75) is 30.8 Å². The highest BCUT2D eigenvalue weighted by Gasteiger charge is 2.28. The Morgan fingerprint density at radius 2 is 2.25 bits per heavy atom. The van der Waals surface area contributed by atoms with Crippen LogP contribution in [0, 0.1) is 11.7 Å². The van der Waals surface area contributed by atoms with Crippen LogP contribution in [0.5, 0.6) is 0 Å². The summed E-state index contributed by atoms with van der Waals surface area (Å²) in [6.45, 7) is 2.96. The molecule has 1 heterocycles. The van der Waals surface area contributed by atoms with Gasteiger partial charge in [0.15, 0.2) is 0 Å². The largest absolute Gasteiger partial charge is 0.396 e. The van der Waals surface area contributed by atoms with E-state index in [2.05, 4.69) is 4.72 Å². The second kappa shape index (κ2) is 6.07. The number of benzene rings is 1. The van der Waals surface area contributed by atoms with Crippen LogP contribution >= 0.6 is 0 Å². The number of ether oxygens (including phenoxy) is 1. The Morgan fingerprint density at radius 1 is 1.50 bits per heavy atom. The molecule has 0 aliphatic carbocycles. The van der Waals surface area contributed by atoms with E-state index in [9.17, 15) is 12.8 Å². The molecule has 2 unspecified atom stereocenters. The molecule has 2 atom stereocenters. The van der Waals surface area contributed by atoms with Crippen molar-refractivity contribution in [2.75, 3.05) is 18.9 Å². The zero-order valence-corrected chi connectivity index (χ0v) is 12.1. The number of nitrogens with one attached hydrogen (secondary N) is 1. The summed E-state index contributed by atoms with van der Waals surface area (Å²) in [5, 5.41) is 0. The lowest BCUT2D eigenvalue weighted by atomic mass is 10.0. The van der Waals surface area contributed by atoms with Crippen molar-refractivity contribution in [3.8, 4) is 0 Å². The first-order chi connectivity index (χ1) is 9.44. The van der Waals surface area contributed by atoms with Crippen LogP contribution in [0.25, 0.3) is 0 Å². The first kappa shape index (κ1) is 15.2. The van der Waals surface area contributed by atoms with Gasteiger partial charge in [-0.05, 0) is 31.0 Å². The maximum absolute atomic E-state index is 13.3. The van der Waals surface area contributed by atoms with E-state index >= 15 is 0 Å². The third-order valence-corrected chi connectivity index (χ3v) is 4.99. The summed E-state index contributed by atoms with van der Waals surface area (Å²) < 4.78 is 45.5. The molecule has 0 radical (unpaired) electrons. The zero-order valence-electron chi connectivity index (χ0n) is 11.3. The van der Waals surface area contributed by atoms with Gasteiger partial charge in [-0.3, -0.25) is 0 Å². The highest BCUT2D eigenvalue weighted by Crippen LogP contribution is 2.23. The van der Waals surface area contributed by atoms with Crippen molar-refractivity contribution >= 4 is 15.7 Å². The van der Waals surface area contributed by atoms with E-state index < -0.39 is 15.8 Å². The second-order valence-corrected chi connectivity index (χ2v) is 6.67. The maximum Gasteiger partial charge on any atom is 0.240 e.